The average molecular weight is 346 g/mol. The minimum atomic E-state index is 0.682. The first kappa shape index (κ1) is 18.4. The minimum Gasteiger partial charge on any atom is -0.361 e. The summed E-state index contributed by atoms with van der Waals surface area (Å²) in [6, 6.07) is 10.4. The molecule has 0 spiro atoms. The van der Waals surface area contributed by atoms with Crippen molar-refractivity contribution in [2.45, 2.75) is 38.1 Å². The Morgan fingerprint density at radius 2 is 1.96 bits per heavy atom. The summed E-state index contributed by atoms with van der Waals surface area (Å²) in [7, 11) is 1.79. The predicted octanol–water partition coefficient (Wildman–Crippen LogP) is 3.26. The van der Waals surface area contributed by atoms with Crippen molar-refractivity contribution in [3.63, 3.8) is 0 Å². The lowest BCUT2D eigenvalue weighted by molar-refractivity contribution is 0.380. The molecule has 5 nitrogen and oxygen atoms in total. The van der Waals surface area contributed by atoms with Gasteiger partial charge in [-0.25, -0.2) is 0 Å². The van der Waals surface area contributed by atoms with E-state index in [-0.39, 0.29) is 0 Å². The molecule has 0 aliphatic carbocycles. The van der Waals surface area contributed by atoms with E-state index in [0.29, 0.717) is 6.54 Å². The molecule has 0 aliphatic rings. The molecule has 2 rings (SSSR count). The minimum absolute atomic E-state index is 0.682. The van der Waals surface area contributed by atoms with Crippen LogP contribution in [0.1, 0.15) is 30.9 Å². The molecule has 0 saturated carbocycles. The molecule has 2 N–H and O–H groups in total. The van der Waals surface area contributed by atoms with Crippen LogP contribution in [0, 0.1) is 0 Å². The highest BCUT2D eigenvalue weighted by atomic mass is 32.2. The number of benzene rings is 1. The Balaban J connectivity index is 1.77. The van der Waals surface area contributed by atoms with Crippen molar-refractivity contribution in [3.05, 3.63) is 47.3 Å². The lowest BCUT2D eigenvalue weighted by Crippen LogP contribution is -2.38. The molecular weight excluding hydrogens is 320 g/mol. The number of nitrogens with zero attached hydrogens (tertiary/aromatic N) is 2. The molecule has 6 heteroatoms. The predicted molar refractivity (Wildman–Crippen MR) is 101 cm³/mol. The lowest BCUT2D eigenvalue weighted by atomic mass is 10.1. The average Bonchev–Trinajstić information content (AvgIpc) is 3.04. The fraction of sp³-hybridized carbons (Fsp3) is 0.444. The number of thioether (sulfide) groups is 1. The van der Waals surface area contributed by atoms with Crippen molar-refractivity contribution < 1.29 is 4.52 Å². The fourth-order valence-electron chi connectivity index (χ4n) is 2.39. The van der Waals surface area contributed by atoms with Crippen LogP contribution in [0.4, 0.5) is 0 Å². The molecule has 0 radical (unpaired) electrons. The molecule has 0 saturated heterocycles. The Bertz CT molecular complexity index is 618. The van der Waals surface area contributed by atoms with E-state index >= 15 is 0 Å². The van der Waals surface area contributed by atoms with E-state index in [4.69, 9.17) is 4.52 Å². The van der Waals surface area contributed by atoms with E-state index < -0.39 is 0 Å². The van der Waals surface area contributed by atoms with E-state index in [1.165, 1.54) is 4.90 Å². The van der Waals surface area contributed by atoms with E-state index in [1.54, 1.807) is 7.05 Å². The van der Waals surface area contributed by atoms with Gasteiger partial charge in [0.15, 0.2) is 5.96 Å². The van der Waals surface area contributed by atoms with Crippen LogP contribution in [0.5, 0.6) is 0 Å². The highest BCUT2D eigenvalue weighted by Crippen LogP contribution is 2.16. The van der Waals surface area contributed by atoms with E-state index in [2.05, 4.69) is 58.9 Å². The molecule has 1 aromatic carbocycles. The molecule has 2 aromatic rings. The molecular formula is C18H26N4OS. The van der Waals surface area contributed by atoms with Gasteiger partial charge in [0.25, 0.3) is 0 Å². The van der Waals surface area contributed by atoms with Gasteiger partial charge in [-0.2, -0.15) is 0 Å². The van der Waals surface area contributed by atoms with Crippen LogP contribution in [-0.2, 0) is 19.4 Å². The smallest absolute Gasteiger partial charge is 0.191 e. The first-order chi connectivity index (χ1) is 11.8. The van der Waals surface area contributed by atoms with Gasteiger partial charge in [-0.05, 0) is 18.6 Å². The van der Waals surface area contributed by atoms with Crippen LogP contribution in [0.15, 0.2) is 44.7 Å². The van der Waals surface area contributed by atoms with Gasteiger partial charge in [0.2, 0.25) is 0 Å². The third-order valence-corrected chi connectivity index (χ3v) is 4.68. The summed E-state index contributed by atoms with van der Waals surface area (Å²) < 4.78 is 5.40. The van der Waals surface area contributed by atoms with Gasteiger partial charge in [0, 0.05) is 42.8 Å². The first-order valence-corrected chi connectivity index (χ1v) is 9.35. The van der Waals surface area contributed by atoms with Gasteiger partial charge in [-0.3, -0.25) is 4.99 Å². The highest BCUT2D eigenvalue weighted by Gasteiger charge is 2.13. The van der Waals surface area contributed by atoms with Crippen molar-refractivity contribution in [2.24, 2.45) is 4.99 Å². The third kappa shape index (κ3) is 5.30. The van der Waals surface area contributed by atoms with Gasteiger partial charge >= 0.3 is 0 Å². The number of hydrogen-bond acceptors (Lipinski definition) is 4. The van der Waals surface area contributed by atoms with Gasteiger partial charge in [0.1, 0.15) is 5.76 Å². The molecule has 24 heavy (non-hydrogen) atoms. The largest absolute Gasteiger partial charge is 0.361 e. The van der Waals surface area contributed by atoms with E-state index in [1.807, 2.05) is 17.8 Å². The summed E-state index contributed by atoms with van der Waals surface area (Å²) in [5.74, 6) is 2.74. The Labute approximate surface area is 148 Å². The Kier molecular flexibility index (Phi) is 7.68. The summed E-state index contributed by atoms with van der Waals surface area (Å²) in [5, 5.41) is 10.8. The Morgan fingerprint density at radius 1 is 1.17 bits per heavy atom. The topological polar surface area (TPSA) is 62.5 Å². The maximum atomic E-state index is 5.40. The molecule has 0 atom stereocenters. The van der Waals surface area contributed by atoms with Crippen molar-refractivity contribution >= 4 is 17.7 Å². The van der Waals surface area contributed by atoms with Crippen LogP contribution in [0.25, 0.3) is 0 Å². The maximum absolute atomic E-state index is 5.40. The van der Waals surface area contributed by atoms with Crippen LogP contribution in [0.2, 0.25) is 0 Å². The van der Waals surface area contributed by atoms with Gasteiger partial charge in [0.05, 0.1) is 5.69 Å². The van der Waals surface area contributed by atoms with Gasteiger partial charge in [-0.1, -0.05) is 37.2 Å². The summed E-state index contributed by atoms with van der Waals surface area (Å²) in [4.78, 5) is 5.56. The second kappa shape index (κ2) is 10.0. The summed E-state index contributed by atoms with van der Waals surface area (Å²) in [6.45, 7) is 5.71. The maximum Gasteiger partial charge on any atom is 0.191 e. The molecule has 0 fully saturated rings. The van der Waals surface area contributed by atoms with Gasteiger partial charge in [-0.15, -0.1) is 11.8 Å². The SMILES string of the molecule is CCc1noc(CC)c1CNC(=NC)NCCSc1ccccc1. The molecule has 1 aromatic heterocycles. The van der Waals surface area contributed by atoms with Crippen LogP contribution in [0.3, 0.4) is 0 Å². The number of rotatable bonds is 8. The number of aliphatic imine (C=N–C) groups is 1. The van der Waals surface area contributed by atoms with Crippen molar-refractivity contribution in [2.75, 3.05) is 19.3 Å². The zero-order chi connectivity index (χ0) is 17.2. The summed E-state index contributed by atoms with van der Waals surface area (Å²) in [5.41, 5.74) is 2.18. The Morgan fingerprint density at radius 3 is 2.62 bits per heavy atom. The second-order valence-corrected chi connectivity index (χ2v) is 6.42. The number of aromatic nitrogens is 1. The number of guanidine groups is 1. The van der Waals surface area contributed by atoms with Crippen molar-refractivity contribution in [1.29, 1.82) is 0 Å². The normalized spacial score (nSPS) is 11.5. The number of nitrogens with one attached hydrogen (secondary N) is 2. The molecule has 1 heterocycles. The molecule has 0 bridgehead atoms. The molecule has 0 aliphatic heterocycles. The summed E-state index contributed by atoms with van der Waals surface area (Å²) in [6.07, 6.45) is 1.73. The Hall–Kier alpha value is -1.95. The zero-order valence-electron chi connectivity index (χ0n) is 14.6. The number of aryl methyl sites for hydroxylation is 2. The second-order valence-electron chi connectivity index (χ2n) is 5.25. The quantitative estimate of drug-likeness (QED) is 0.332. The third-order valence-electron chi connectivity index (χ3n) is 3.67. The van der Waals surface area contributed by atoms with E-state index in [9.17, 15) is 0 Å². The first-order valence-electron chi connectivity index (χ1n) is 8.37. The highest BCUT2D eigenvalue weighted by molar-refractivity contribution is 7.99. The fourth-order valence-corrected chi connectivity index (χ4v) is 3.17. The molecule has 0 unspecified atom stereocenters. The van der Waals surface area contributed by atoms with Crippen molar-refractivity contribution in [3.8, 4) is 0 Å². The van der Waals surface area contributed by atoms with Crippen LogP contribution >= 0.6 is 11.8 Å². The lowest BCUT2D eigenvalue weighted by Gasteiger charge is -2.12. The van der Waals surface area contributed by atoms with E-state index in [0.717, 1.165) is 48.1 Å². The summed E-state index contributed by atoms with van der Waals surface area (Å²) >= 11 is 1.83. The monoisotopic (exact) mass is 346 g/mol. The molecule has 0 amide bonds. The standard InChI is InChI=1S/C18H26N4OS/c1-4-16-15(17(5-2)23-22-16)13-21-18(19-3)20-11-12-24-14-9-7-6-8-10-14/h6-10H,4-5,11-13H2,1-3H3,(H2,19,20,21). The van der Waals surface area contributed by atoms with Crippen LogP contribution in [-0.4, -0.2) is 30.5 Å². The van der Waals surface area contributed by atoms with Crippen molar-refractivity contribution in [1.82, 2.24) is 15.8 Å². The van der Waals surface area contributed by atoms with Crippen LogP contribution < -0.4 is 10.6 Å². The van der Waals surface area contributed by atoms with Gasteiger partial charge < -0.3 is 15.2 Å². The number of hydrogen-bond donors (Lipinski definition) is 2. The molecule has 130 valence electrons. The zero-order valence-corrected chi connectivity index (χ0v) is 15.4.